The molecule has 6 nitrogen and oxygen atoms in total. The number of hydrogen-bond acceptors (Lipinski definition) is 7. The molecule has 0 atom stereocenters. The summed E-state index contributed by atoms with van der Waals surface area (Å²) in [7, 11) is 3.20. The van der Waals surface area contributed by atoms with Crippen molar-refractivity contribution in [2.75, 3.05) is 19.5 Å². The minimum absolute atomic E-state index is 0.131. The van der Waals surface area contributed by atoms with Crippen molar-refractivity contribution in [3.05, 3.63) is 52.5 Å². The van der Waals surface area contributed by atoms with Crippen LogP contribution in [0.4, 0.5) is 5.13 Å². The van der Waals surface area contributed by atoms with Gasteiger partial charge in [-0.3, -0.25) is 4.79 Å². The Morgan fingerprint density at radius 3 is 2.53 bits per heavy atom. The highest BCUT2D eigenvalue weighted by Gasteiger charge is 2.14. The van der Waals surface area contributed by atoms with E-state index in [9.17, 15) is 4.79 Å². The molecule has 0 aliphatic heterocycles. The van der Waals surface area contributed by atoms with Gasteiger partial charge in [-0.2, -0.15) is 0 Å². The molecule has 0 aliphatic rings. The van der Waals surface area contributed by atoms with Crippen molar-refractivity contribution in [1.82, 2.24) is 9.97 Å². The summed E-state index contributed by atoms with van der Waals surface area (Å²) in [4.78, 5) is 21.7. The maximum atomic E-state index is 12.5. The lowest BCUT2D eigenvalue weighted by Crippen LogP contribution is -2.14. The number of aromatic nitrogens is 2. The van der Waals surface area contributed by atoms with Gasteiger partial charge < -0.3 is 14.8 Å². The van der Waals surface area contributed by atoms with Gasteiger partial charge in [-0.25, -0.2) is 9.97 Å². The molecule has 0 saturated carbocycles. The first-order valence-corrected chi connectivity index (χ1v) is 11.0. The van der Waals surface area contributed by atoms with Crippen molar-refractivity contribution in [3.63, 3.8) is 0 Å². The van der Waals surface area contributed by atoms with Crippen molar-refractivity contribution < 1.29 is 14.3 Å². The molecule has 4 rings (SSSR count). The van der Waals surface area contributed by atoms with Crippen LogP contribution in [0.2, 0.25) is 0 Å². The third kappa shape index (κ3) is 4.01. The molecule has 2 aromatic carbocycles. The van der Waals surface area contributed by atoms with E-state index >= 15 is 0 Å². The van der Waals surface area contributed by atoms with Gasteiger partial charge in [-0.15, -0.1) is 11.3 Å². The highest BCUT2D eigenvalue weighted by Crippen LogP contribution is 2.34. The molecule has 4 aromatic rings. The van der Waals surface area contributed by atoms with E-state index in [0.29, 0.717) is 16.6 Å². The van der Waals surface area contributed by atoms with Gasteiger partial charge in [0.15, 0.2) is 16.6 Å². The number of methoxy groups -OCH3 is 2. The number of amides is 1. The van der Waals surface area contributed by atoms with Crippen LogP contribution in [0.5, 0.6) is 11.5 Å². The monoisotopic (exact) mass is 439 g/mol. The number of anilines is 1. The molecule has 0 radical (unpaired) electrons. The molecule has 1 N–H and O–H groups in total. The zero-order valence-electron chi connectivity index (χ0n) is 17.1. The summed E-state index contributed by atoms with van der Waals surface area (Å²) >= 11 is 2.99. The summed E-state index contributed by atoms with van der Waals surface area (Å²) in [5.74, 6) is 1.18. The molecule has 0 fully saturated rings. The number of hydrogen-bond donors (Lipinski definition) is 1. The molecule has 2 heterocycles. The minimum Gasteiger partial charge on any atom is -0.493 e. The van der Waals surface area contributed by atoms with E-state index in [0.717, 1.165) is 37.6 Å². The highest BCUT2D eigenvalue weighted by atomic mass is 32.1. The van der Waals surface area contributed by atoms with E-state index in [2.05, 4.69) is 28.3 Å². The Balaban J connectivity index is 1.48. The largest absolute Gasteiger partial charge is 0.493 e. The van der Waals surface area contributed by atoms with Gasteiger partial charge in [0, 0.05) is 10.9 Å². The van der Waals surface area contributed by atoms with Crippen molar-refractivity contribution >= 4 is 43.9 Å². The second-order valence-corrected chi connectivity index (χ2v) is 8.69. The Hall–Kier alpha value is -2.97. The maximum Gasteiger partial charge on any atom is 0.232 e. The van der Waals surface area contributed by atoms with Crippen molar-refractivity contribution in [2.45, 2.75) is 20.3 Å². The van der Waals surface area contributed by atoms with Crippen LogP contribution < -0.4 is 14.8 Å². The number of ether oxygens (including phenoxy) is 2. The molecule has 30 heavy (non-hydrogen) atoms. The van der Waals surface area contributed by atoms with Gasteiger partial charge in [0.2, 0.25) is 5.91 Å². The zero-order valence-corrected chi connectivity index (χ0v) is 18.7. The standard InChI is InChI=1S/C22H21N3O3S2/c1-12-5-6-13(2)20-19(12)25-22(30-20)24-18(26)10-15-11-29-21(23-15)14-7-8-16(27-3)17(9-14)28-4/h5-9,11H,10H2,1-4H3,(H,24,25,26). The van der Waals surface area contributed by atoms with E-state index in [1.807, 2.05) is 36.6 Å². The third-order valence-electron chi connectivity index (χ3n) is 4.71. The molecule has 2 aromatic heterocycles. The van der Waals surface area contributed by atoms with Gasteiger partial charge in [-0.1, -0.05) is 23.5 Å². The lowest BCUT2D eigenvalue weighted by Gasteiger charge is -2.08. The fourth-order valence-corrected chi connectivity index (χ4v) is 4.97. The number of rotatable bonds is 6. The third-order valence-corrected chi connectivity index (χ3v) is 6.76. The van der Waals surface area contributed by atoms with E-state index in [1.54, 1.807) is 14.2 Å². The molecule has 8 heteroatoms. The number of carbonyl (C=O) groups is 1. The summed E-state index contributed by atoms with van der Waals surface area (Å²) < 4.78 is 11.7. The van der Waals surface area contributed by atoms with E-state index < -0.39 is 0 Å². The Labute approximate surface area is 182 Å². The normalized spacial score (nSPS) is 10.9. The Bertz CT molecular complexity index is 1190. The number of benzene rings is 2. The molecule has 0 bridgehead atoms. The maximum absolute atomic E-state index is 12.5. The molecule has 0 unspecified atom stereocenters. The molecule has 0 saturated heterocycles. The number of nitrogens with zero attached hydrogens (tertiary/aromatic N) is 2. The smallest absolute Gasteiger partial charge is 0.232 e. The van der Waals surface area contributed by atoms with Gasteiger partial charge in [0.1, 0.15) is 5.01 Å². The average molecular weight is 440 g/mol. The summed E-state index contributed by atoms with van der Waals surface area (Å²) in [6, 6.07) is 9.78. The topological polar surface area (TPSA) is 73.3 Å². The van der Waals surface area contributed by atoms with Crippen molar-refractivity contribution in [3.8, 4) is 22.1 Å². The average Bonchev–Trinajstić information content (AvgIpc) is 3.38. The van der Waals surface area contributed by atoms with Crippen LogP contribution in [0.1, 0.15) is 16.8 Å². The van der Waals surface area contributed by atoms with E-state index in [4.69, 9.17) is 9.47 Å². The number of fused-ring (bicyclic) bond motifs is 1. The van der Waals surface area contributed by atoms with Crippen LogP contribution >= 0.6 is 22.7 Å². The van der Waals surface area contributed by atoms with Crippen LogP contribution in [0.15, 0.2) is 35.7 Å². The van der Waals surface area contributed by atoms with Gasteiger partial charge in [0.25, 0.3) is 0 Å². The number of carbonyl (C=O) groups excluding carboxylic acids is 1. The second-order valence-electron chi connectivity index (χ2n) is 6.83. The lowest BCUT2D eigenvalue weighted by molar-refractivity contribution is -0.115. The predicted octanol–water partition coefficient (Wildman–Crippen LogP) is 5.24. The van der Waals surface area contributed by atoms with Gasteiger partial charge in [0.05, 0.1) is 36.6 Å². The van der Waals surface area contributed by atoms with Crippen LogP contribution in [0.3, 0.4) is 0 Å². The molecule has 1 amide bonds. The van der Waals surface area contributed by atoms with Crippen LogP contribution in [-0.2, 0) is 11.2 Å². The zero-order chi connectivity index (χ0) is 21.3. The van der Waals surface area contributed by atoms with Gasteiger partial charge in [-0.05, 0) is 43.2 Å². The fourth-order valence-electron chi connectivity index (χ4n) is 3.13. The number of thiazole rings is 2. The molecule has 0 spiro atoms. The minimum atomic E-state index is -0.131. The summed E-state index contributed by atoms with van der Waals surface area (Å²) in [5.41, 5.74) is 4.84. The number of nitrogens with one attached hydrogen (secondary N) is 1. The molecular formula is C22H21N3O3S2. The Morgan fingerprint density at radius 1 is 1.03 bits per heavy atom. The summed E-state index contributed by atoms with van der Waals surface area (Å²) in [5, 5.41) is 6.25. The summed E-state index contributed by atoms with van der Waals surface area (Å²) in [6.07, 6.45) is 0.192. The SMILES string of the molecule is COc1ccc(-c2nc(CC(=O)Nc3nc4c(C)ccc(C)c4s3)cs2)cc1OC. The Kier molecular flexibility index (Phi) is 5.69. The quantitative estimate of drug-likeness (QED) is 0.445. The van der Waals surface area contributed by atoms with Crippen molar-refractivity contribution in [1.29, 1.82) is 0 Å². The predicted molar refractivity (Wildman–Crippen MR) is 122 cm³/mol. The molecule has 154 valence electrons. The first kappa shape index (κ1) is 20.3. The highest BCUT2D eigenvalue weighted by molar-refractivity contribution is 7.22. The van der Waals surface area contributed by atoms with Crippen molar-refractivity contribution in [2.24, 2.45) is 0 Å². The van der Waals surface area contributed by atoms with Crippen LogP contribution in [0, 0.1) is 13.8 Å². The number of aryl methyl sites for hydroxylation is 2. The van der Waals surface area contributed by atoms with E-state index in [-0.39, 0.29) is 12.3 Å². The van der Waals surface area contributed by atoms with Crippen LogP contribution in [-0.4, -0.2) is 30.1 Å². The molecule has 0 aliphatic carbocycles. The van der Waals surface area contributed by atoms with Crippen LogP contribution in [0.25, 0.3) is 20.8 Å². The summed E-state index contributed by atoms with van der Waals surface area (Å²) in [6.45, 7) is 4.08. The fraction of sp³-hybridized carbons (Fsp3) is 0.227. The first-order valence-electron chi connectivity index (χ1n) is 9.32. The second kappa shape index (κ2) is 8.41. The van der Waals surface area contributed by atoms with Gasteiger partial charge >= 0.3 is 0 Å². The lowest BCUT2D eigenvalue weighted by atomic mass is 10.1. The molecular weight excluding hydrogens is 418 g/mol. The first-order chi connectivity index (χ1) is 14.5. The Morgan fingerprint density at radius 2 is 1.80 bits per heavy atom. The van der Waals surface area contributed by atoms with E-state index in [1.165, 1.54) is 22.7 Å².